The van der Waals surface area contributed by atoms with Gasteiger partial charge in [0, 0.05) is 37.9 Å². The van der Waals surface area contributed by atoms with Gasteiger partial charge in [-0.25, -0.2) is 9.37 Å². The van der Waals surface area contributed by atoms with Crippen LogP contribution in [0.4, 0.5) is 23.4 Å². The molecule has 0 aliphatic carbocycles. The molecule has 1 aliphatic heterocycles. The summed E-state index contributed by atoms with van der Waals surface area (Å²) in [5.41, 5.74) is 0.496. The number of hydrogen-bond donors (Lipinski definition) is 0. The first-order valence-corrected chi connectivity index (χ1v) is 10.3. The molecule has 1 saturated heterocycles. The minimum atomic E-state index is -4.42. The lowest BCUT2D eigenvalue weighted by atomic mass is 10.1. The standard InChI is InChI=1S/C24H21F4N3O2/c25-20-7-4-17(5-8-20)16-33-21-3-1-2-18(14-21)23(32)31-12-10-30(11-13-31)22-9-6-19(15-29-22)24(26,27)28/h1-9,14-15H,10-13,16H2. The highest BCUT2D eigenvalue weighted by molar-refractivity contribution is 5.94. The molecule has 0 saturated carbocycles. The van der Waals surface area contributed by atoms with Gasteiger partial charge in [0.25, 0.3) is 5.91 Å². The summed E-state index contributed by atoms with van der Waals surface area (Å²) in [5, 5.41) is 0. The lowest BCUT2D eigenvalue weighted by Crippen LogP contribution is -2.49. The monoisotopic (exact) mass is 459 g/mol. The van der Waals surface area contributed by atoms with Gasteiger partial charge in [-0.3, -0.25) is 4.79 Å². The average molecular weight is 459 g/mol. The molecule has 5 nitrogen and oxygen atoms in total. The third-order valence-corrected chi connectivity index (χ3v) is 5.37. The Bertz CT molecular complexity index is 1090. The Balaban J connectivity index is 1.33. The Morgan fingerprint density at radius 2 is 1.70 bits per heavy atom. The van der Waals surface area contributed by atoms with E-state index in [-0.39, 0.29) is 18.3 Å². The van der Waals surface area contributed by atoms with Crippen LogP contribution >= 0.6 is 0 Å². The van der Waals surface area contributed by atoms with Crippen molar-refractivity contribution >= 4 is 11.7 Å². The number of hydrogen-bond acceptors (Lipinski definition) is 4. The minimum absolute atomic E-state index is 0.151. The molecule has 0 radical (unpaired) electrons. The van der Waals surface area contributed by atoms with Crippen LogP contribution in [-0.2, 0) is 12.8 Å². The van der Waals surface area contributed by atoms with Gasteiger partial charge < -0.3 is 14.5 Å². The molecule has 2 heterocycles. The van der Waals surface area contributed by atoms with Crippen LogP contribution in [-0.4, -0.2) is 42.0 Å². The summed E-state index contributed by atoms with van der Waals surface area (Å²) in [5.74, 6) is 0.506. The number of anilines is 1. The van der Waals surface area contributed by atoms with Crippen molar-refractivity contribution in [3.05, 3.63) is 89.4 Å². The van der Waals surface area contributed by atoms with Crippen molar-refractivity contribution in [2.75, 3.05) is 31.1 Å². The Hall–Kier alpha value is -3.62. The summed E-state index contributed by atoms with van der Waals surface area (Å²) in [4.78, 5) is 20.4. The van der Waals surface area contributed by atoms with Crippen molar-refractivity contribution < 1.29 is 27.1 Å². The molecule has 0 atom stereocenters. The zero-order chi connectivity index (χ0) is 23.4. The molecule has 0 unspecified atom stereocenters. The summed E-state index contributed by atoms with van der Waals surface area (Å²) >= 11 is 0. The zero-order valence-electron chi connectivity index (χ0n) is 17.6. The summed E-state index contributed by atoms with van der Waals surface area (Å²) in [7, 11) is 0. The summed E-state index contributed by atoms with van der Waals surface area (Å²) in [6.07, 6.45) is -3.60. The fourth-order valence-electron chi connectivity index (χ4n) is 3.53. The number of benzene rings is 2. The van der Waals surface area contributed by atoms with Gasteiger partial charge in [-0.15, -0.1) is 0 Å². The van der Waals surface area contributed by atoms with E-state index < -0.39 is 11.7 Å². The number of ether oxygens (including phenoxy) is 1. The van der Waals surface area contributed by atoms with Gasteiger partial charge in [0.05, 0.1) is 5.56 Å². The fourth-order valence-corrected chi connectivity index (χ4v) is 3.53. The predicted octanol–water partition coefficient (Wildman–Crippen LogP) is 4.78. The maximum Gasteiger partial charge on any atom is 0.417 e. The quantitative estimate of drug-likeness (QED) is 0.516. The maximum atomic E-state index is 13.0. The highest BCUT2D eigenvalue weighted by Crippen LogP contribution is 2.29. The van der Waals surface area contributed by atoms with E-state index in [4.69, 9.17) is 4.74 Å². The molecule has 9 heteroatoms. The molecular weight excluding hydrogens is 438 g/mol. The van der Waals surface area contributed by atoms with Crippen molar-refractivity contribution in [1.29, 1.82) is 0 Å². The van der Waals surface area contributed by atoms with Gasteiger partial charge in [-0.2, -0.15) is 13.2 Å². The van der Waals surface area contributed by atoms with Gasteiger partial charge in [0.1, 0.15) is 24.0 Å². The highest BCUT2D eigenvalue weighted by atomic mass is 19.4. The molecule has 2 aromatic carbocycles. The number of pyridine rings is 1. The average Bonchev–Trinajstić information content (AvgIpc) is 2.83. The number of piperazine rings is 1. The molecule has 1 fully saturated rings. The summed E-state index contributed by atoms with van der Waals surface area (Å²) < 4.78 is 56.9. The number of halogens is 4. The first-order valence-electron chi connectivity index (χ1n) is 10.3. The zero-order valence-corrected chi connectivity index (χ0v) is 17.6. The van der Waals surface area contributed by atoms with Crippen molar-refractivity contribution in [2.45, 2.75) is 12.8 Å². The lowest BCUT2D eigenvalue weighted by Gasteiger charge is -2.35. The largest absolute Gasteiger partial charge is 0.489 e. The van der Waals surface area contributed by atoms with E-state index in [9.17, 15) is 22.4 Å². The van der Waals surface area contributed by atoms with Crippen LogP contribution in [0.2, 0.25) is 0 Å². The molecular formula is C24H21F4N3O2. The second-order valence-corrected chi connectivity index (χ2v) is 7.63. The summed E-state index contributed by atoms with van der Waals surface area (Å²) in [6, 6.07) is 15.2. The highest BCUT2D eigenvalue weighted by Gasteiger charge is 2.31. The minimum Gasteiger partial charge on any atom is -0.489 e. The van der Waals surface area contributed by atoms with Crippen LogP contribution in [0.25, 0.3) is 0 Å². The van der Waals surface area contributed by atoms with Crippen LogP contribution in [0.5, 0.6) is 5.75 Å². The number of alkyl halides is 3. The number of carbonyl (C=O) groups excluding carboxylic acids is 1. The Kier molecular flexibility index (Phi) is 6.48. The number of rotatable bonds is 5. The smallest absolute Gasteiger partial charge is 0.417 e. The Labute approximate surface area is 188 Å². The SMILES string of the molecule is O=C(c1cccc(OCc2ccc(F)cc2)c1)N1CCN(c2ccc(C(F)(F)F)cn2)CC1. The van der Waals surface area contributed by atoms with Gasteiger partial charge in [-0.1, -0.05) is 18.2 Å². The normalized spacial score (nSPS) is 14.3. The number of aromatic nitrogens is 1. The van der Waals surface area contributed by atoms with Crippen molar-refractivity contribution in [3.63, 3.8) is 0 Å². The van der Waals surface area contributed by atoms with E-state index in [0.29, 0.717) is 43.3 Å². The van der Waals surface area contributed by atoms with Crippen LogP contribution in [0.15, 0.2) is 66.9 Å². The van der Waals surface area contributed by atoms with E-state index in [0.717, 1.165) is 17.8 Å². The van der Waals surface area contributed by atoms with E-state index in [1.807, 2.05) is 4.90 Å². The second kappa shape index (κ2) is 9.48. The van der Waals surface area contributed by atoms with Crippen LogP contribution < -0.4 is 9.64 Å². The molecule has 172 valence electrons. The van der Waals surface area contributed by atoms with Crippen molar-refractivity contribution in [3.8, 4) is 5.75 Å². The molecule has 3 aromatic rings. The lowest BCUT2D eigenvalue weighted by molar-refractivity contribution is -0.137. The van der Waals surface area contributed by atoms with Crippen LogP contribution in [0.1, 0.15) is 21.5 Å². The molecule has 1 amide bonds. The van der Waals surface area contributed by atoms with Crippen LogP contribution in [0.3, 0.4) is 0 Å². The van der Waals surface area contributed by atoms with Gasteiger partial charge in [0.15, 0.2) is 0 Å². The van der Waals surface area contributed by atoms with E-state index in [1.54, 1.807) is 41.3 Å². The maximum absolute atomic E-state index is 13.0. The second-order valence-electron chi connectivity index (χ2n) is 7.63. The molecule has 0 spiro atoms. The summed E-state index contributed by atoms with van der Waals surface area (Å²) in [6.45, 7) is 2.01. The van der Waals surface area contributed by atoms with E-state index in [2.05, 4.69) is 4.98 Å². The first-order chi connectivity index (χ1) is 15.8. The number of amides is 1. The molecule has 0 N–H and O–H groups in total. The Morgan fingerprint density at radius 3 is 2.33 bits per heavy atom. The molecule has 1 aromatic heterocycles. The van der Waals surface area contributed by atoms with Gasteiger partial charge in [0.2, 0.25) is 0 Å². The molecule has 0 bridgehead atoms. The first kappa shape index (κ1) is 22.6. The van der Waals surface area contributed by atoms with Crippen LogP contribution in [0, 0.1) is 5.82 Å². The van der Waals surface area contributed by atoms with E-state index in [1.165, 1.54) is 18.2 Å². The third-order valence-electron chi connectivity index (χ3n) is 5.37. The number of nitrogens with zero attached hydrogens (tertiary/aromatic N) is 3. The predicted molar refractivity (Wildman–Crippen MR) is 115 cm³/mol. The molecule has 4 rings (SSSR count). The number of carbonyl (C=O) groups is 1. The van der Waals surface area contributed by atoms with E-state index >= 15 is 0 Å². The Morgan fingerprint density at radius 1 is 0.970 bits per heavy atom. The van der Waals surface area contributed by atoms with Crippen molar-refractivity contribution in [1.82, 2.24) is 9.88 Å². The fraction of sp³-hybridized carbons (Fsp3) is 0.250. The molecule has 1 aliphatic rings. The van der Waals surface area contributed by atoms with Crippen molar-refractivity contribution in [2.24, 2.45) is 0 Å². The third kappa shape index (κ3) is 5.60. The van der Waals surface area contributed by atoms with Gasteiger partial charge >= 0.3 is 6.18 Å². The van der Waals surface area contributed by atoms with Gasteiger partial charge in [-0.05, 0) is 48.0 Å². The topological polar surface area (TPSA) is 45.7 Å². The molecule has 33 heavy (non-hydrogen) atoms.